The SMILES string of the molecule is COc1cc(/C=C2\N=C(c3ccc(I)c(C)c3)OC2=O)cc(Br)c1OCc1cccc(I)c1. The largest absolute Gasteiger partial charge is 0.493 e. The van der Waals surface area contributed by atoms with Gasteiger partial charge in [-0.25, -0.2) is 9.79 Å². The molecule has 4 rings (SSSR count). The number of hydrogen-bond donors (Lipinski definition) is 0. The zero-order valence-corrected chi connectivity index (χ0v) is 23.6. The van der Waals surface area contributed by atoms with Gasteiger partial charge in [0.1, 0.15) is 6.61 Å². The molecule has 168 valence electrons. The summed E-state index contributed by atoms with van der Waals surface area (Å²) in [5.74, 6) is 0.946. The van der Waals surface area contributed by atoms with Crippen LogP contribution in [-0.2, 0) is 16.1 Å². The Morgan fingerprint density at radius 1 is 1.12 bits per heavy atom. The van der Waals surface area contributed by atoms with Crippen LogP contribution in [0.25, 0.3) is 6.08 Å². The number of esters is 1. The highest BCUT2D eigenvalue weighted by atomic mass is 127. The highest BCUT2D eigenvalue weighted by Gasteiger charge is 2.25. The van der Waals surface area contributed by atoms with Crippen molar-refractivity contribution in [2.75, 3.05) is 7.11 Å². The third-order valence-corrected chi connectivity index (χ3v) is 7.32. The molecular formula is C25H18BrI2NO4. The first kappa shape index (κ1) is 24.2. The van der Waals surface area contributed by atoms with Crippen LogP contribution in [0.1, 0.15) is 22.3 Å². The van der Waals surface area contributed by atoms with Crippen molar-refractivity contribution in [2.45, 2.75) is 13.5 Å². The van der Waals surface area contributed by atoms with E-state index in [0.717, 1.165) is 29.4 Å². The van der Waals surface area contributed by atoms with Crippen molar-refractivity contribution in [1.29, 1.82) is 0 Å². The number of rotatable bonds is 6. The molecule has 0 atom stereocenters. The van der Waals surface area contributed by atoms with E-state index in [1.54, 1.807) is 19.3 Å². The van der Waals surface area contributed by atoms with E-state index in [4.69, 9.17) is 14.2 Å². The minimum Gasteiger partial charge on any atom is -0.493 e. The average Bonchev–Trinajstić information content (AvgIpc) is 3.14. The first-order chi connectivity index (χ1) is 15.8. The van der Waals surface area contributed by atoms with Gasteiger partial charge in [-0.1, -0.05) is 12.1 Å². The van der Waals surface area contributed by atoms with Crippen LogP contribution in [0.2, 0.25) is 0 Å². The molecule has 0 aliphatic carbocycles. The van der Waals surface area contributed by atoms with Crippen LogP contribution in [-0.4, -0.2) is 19.0 Å². The van der Waals surface area contributed by atoms with Crippen molar-refractivity contribution in [3.05, 3.63) is 94.2 Å². The fourth-order valence-corrected chi connectivity index (χ4v) is 4.73. The number of carbonyl (C=O) groups is 1. The maximum Gasteiger partial charge on any atom is 0.363 e. The summed E-state index contributed by atoms with van der Waals surface area (Å²) in [7, 11) is 1.58. The quantitative estimate of drug-likeness (QED) is 0.158. The molecule has 0 saturated heterocycles. The highest BCUT2D eigenvalue weighted by Crippen LogP contribution is 2.38. The molecule has 0 fully saturated rings. The molecule has 0 N–H and O–H groups in total. The number of aliphatic imine (C=N–C) groups is 1. The Morgan fingerprint density at radius 3 is 2.67 bits per heavy atom. The van der Waals surface area contributed by atoms with Gasteiger partial charge in [0, 0.05) is 12.7 Å². The Bertz CT molecular complexity index is 1300. The molecule has 0 saturated carbocycles. The van der Waals surface area contributed by atoms with Gasteiger partial charge in [-0.3, -0.25) is 0 Å². The predicted octanol–water partition coefficient (Wildman–Crippen LogP) is 6.90. The van der Waals surface area contributed by atoms with Crippen LogP contribution in [0, 0.1) is 14.1 Å². The molecule has 3 aromatic carbocycles. The van der Waals surface area contributed by atoms with Crippen LogP contribution in [0.3, 0.4) is 0 Å². The first-order valence-corrected chi connectivity index (χ1v) is 12.8. The van der Waals surface area contributed by atoms with Gasteiger partial charge < -0.3 is 14.2 Å². The van der Waals surface area contributed by atoms with E-state index in [2.05, 4.69) is 72.2 Å². The normalized spacial score (nSPS) is 14.3. The summed E-state index contributed by atoms with van der Waals surface area (Å²) in [4.78, 5) is 16.8. The number of carbonyl (C=O) groups excluding carboxylic acids is 1. The summed E-state index contributed by atoms with van der Waals surface area (Å²) in [6, 6.07) is 17.6. The van der Waals surface area contributed by atoms with E-state index in [1.807, 2.05) is 49.4 Å². The lowest BCUT2D eigenvalue weighted by Crippen LogP contribution is -2.05. The molecule has 0 aromatic heterocycles. The summed E-state index contributed by atoms with van der Waals surface area (Å²) in [6.45, 7) is 2.41. The molecule has 0 unspecified atom stereocenters. The van der Waals surface area contributed by atoms with Gasteiger partial charge in [0.25, 0.3) is 0 Å². The molecule has 1 heterocycles. The van der Waals surface area contributed by atoms with Crippen LogP contribution < -0.4 is 9.47 Å². The molecule has 33 heavy (non-hydrogen) atoms. The van der Waals surface area contributed by atoms with Crippen LogP contribution in [0.15, 0.2) is 69.8 Å². The van der Waals surface area contributed by atoms with Crippen molar-refractivity contribution in [3.63, 3.8) is 0 Å². The van der Waals surface area contributed by atoms with Crippen molar-refractivity contribution in [2.24, 2.45) is 4.99 Å². The molecule has 8 heteroatoms. The Hall–Kier alpha value is -1.92. The maximum absolute atomic E-state index is 12.4. The number of ether oxygens (including phenoxy) is 3. The number of benzene rings is 3. The molecule has 3 aromatic rings. The van der Waals surface area contributed by atoms with Crippen molar-refractivity contribution in [3.8, 4) is 11.5 Å². The number of aryl methyl sites for hydroxylation is 1. The molecule has 1 aliphatic rings. The minimum absolute atomic E-state index is 0.225. The second kappa shape index (κ2) is 10.6. The van der Waals surface area contributed by atoms with Gasteiger partial charge in [-0.05, 0) is 133 Å². The molecule has 1 aliphatic heterocycles. The van der Waals surface area contributed by atoms with E-state index in [9.17, 15) is 4.79 Å². The Kier molecular flexibility index (Phi) is 7.75. The fraction of sp³-hybridized carbons (Fsp3) is 0.120. The fourth-order valence-electron chi connectivity index (χ4n) is 3.21. The van der Waals surface area contributed by atoms with E-state index < -0.39 is 5.97 Å². The summed E-state index contributed by atoms with van der Waals surface area (Å²) < 4.78 is 20.0. The van der Waals surface area contributed by atoms with Crippen LogP contribution in [0.4, 0.5) is 0 Å². The summed E-state index contributed by atoms with van der Waals surface area (Å²) >= 11 is 8.10. The van der Waals surface area contributed by atoms with E-state index in [1.165, 1.54) is 0 Å². The van der Waals surface area contributed by atoms with E-state index in [0.29, 0.717) is 28.5 Å². The lowest BCUT2D eigenvalue weighted by molar-refractivity contribution is -0.129. The highest BCUT2D eigenvalue weighted by molar-refractivity contribution is 14.1. The number of halogens is 3. The Labute approximate surface area is 227 Å². The molecular weight excluding hydrogens is 712 g/mol. The summed E-state index contributed by atoms with van der Waals surface area (Å²) in [6.07, 6.45) is 1.67. The average molecular weight is 730 g/mol. The molecule has 0 amide bonds. The summed E-state index contributed by atoms with van der Waals surface area (Å²) in [5, 5.41) is 0. The van der Waals surface area contributed by atoms with E-state index in [-0.39, 0.29) is 5.70 Å². The smallest absolute Gasteiger partial charge is 0.363 e. The standard InChI is InChI=1S/C25H18BrI2NO4/c1-14-8-17(6-7-20(14)28)24-29-21(25(30)33-24)11-16-10-19(26)23(22(12-16)31-2)32-13-15-4-3-5-18(27)9-15/h3-12H,13H2,1-2H3/b21-11-. The van der Waals surface area contributed by atoms with E-state index >= 15 is 0 Å². The molecule has 0 bridgehead atoms. The molecule has 0 spiro atoms. The number of methoxy groups -OCH3 is 1. The van der Waals surface area contributed by atoms with Crippen molar-refractivity contribution in [1.82, 2.24) is 0 Å². The van der Waals surface area contributed by atoms with Gasteiger partial charge in [0.2, 0.25) is 5.90 Å². The lowest BCUT2D eigenvalue weighted by Gasteiger charge is -2.14. The minimum atomic E-state index is -0.490. The van der Waals surface area contributed by atoms with Crippen molar-refractivity contribution < 1.29 is 19.0 Å². The van der Waals surface area contributed by atoms with Gasteiger partial charge in [-0.15, -0.1) is 0 Å². The lowest BCUT2D eigenvalue weighted by atomic mass is 10.1. The Balaban J connectivity index is 1.59. The van der Waals surface area contributed by atoms with Gasteiger partial charge in [0.15, 0.2) is 17.2 Å². The predicted molar refractivity (Wildman–Crippen MR) is 149 cm³/mol. The zero-order chi connectivity index (χ0) is 23.5. The molecule has 5 nitrogen and oxygen atoms in total. The monoisotopic (exact) mass is 729 g/mol. The number of hydrogen-bond acceptors (Lipinski definition) is 5. The number of nitrogens with zero attached hydrogens (tertiary/aromatic N) is 1. The first-order valence-electron chi connectivity index (χ1n) is 9.88. The van der Waals surface area contributed by atoms with Gasteiger partial charge in [-0.2, -0.15) is 0 Å². The third-order valence-electron chi connectivity index (χ3n) is 4.85. The van der Waals surface area contributed by atoms with Crippen LogP contribution >= 0.6 is 61.1 Å². The van der Waals surface area contributed by atoms with Gasteiger partial charge >= 0.3 is 5.97 Å². The second-order valence-corrected chi connectivity index (χ2v) is 10.5. The van der Waals surface area contributed by atoms with Gasteiger partial charge in [0.05, 0.1) is 11.6 Å². The van der Waals surface area contributed by atoms with Crippen molar-refractivity contribution >= 4 is 79.1 Å². The van der Waals surface area contributed by atoms with Crippen LogP contribution in [0.5, 0.6) is 11.5 Å². The zero-order valence-electron chi connectivity index (χ0n) is 17.7. The maximum atomic E-state index is 12.4. The second-order valence-electron chi connectivity index (χ2n) is 7.25. The molecule has 0 radical (unpaired) electrons. The third kappa shape index (κ3) is 5.78. The summed E-state index contributed by atoms with van der Waals surface area (Å²) in [5.41, 5.74) is 3.88. The number of cyclic esters (lactones) is 1. The Morgan fingerprint density at radius 2 is 1.94 bits per heavy atom. The topological polar surface area (TPSA) is 57.1 Å².